The maximum absolute atomic E-state index is 5.59. The van der Waals surface area contributed by atoms with Gasteiger partial charge >= 0.3 is 0 Å². The summed E-state index contributed by atoms with van der Waals surface area (Å²) in [4.78, 5) is 2.11. The zero-order chi connectivity index (χ0) is 17.9. The van der Waals surface area contributed by atoms with E-state index in [0.717, 1.165) is 22.6 Å². The van der Waals surface area contributed by atoms with Gasteiger partial charge in [0, 0.05) is 29.1 Å². The minimum absolute atomic E-state index is 0.213. The fourth-order valence-corrected chi connectivity index (χ4v) is 3.13. The van der Waals surface area contributed by atoms with Gasteiger partial charge in [-0.25, -0.2) is 0 Å². The van der Waals surface area contributed by atoms with Crippen molar-refractivity contribution in [3.05, 3.63) is 66.5 Å². The van der Waals surface area contributed by atoms with Gasteiger partial charge in [0.1, 0.15) is 18.8 Å². The molecule has 2 aromatic carbocycles. The highest BCUT2D eigenvalue weighted by atomic mass is 16.5. The van der Waals surface area contributed by atoms with Gasteiger partial charge < -0.3 is 9.64 Å². The van der Waals surface area contributed by atoms with Crippen molar-refractivity contribution in [2.24, 2.45) is 5.10 Å². The maximum Gasteiger partial charge on any atom is 0.128 e. The molecule has 1 aliphatic rings. The molecule has 26 heavy (non-hydrogen) atoms. The number of H-pyrrole nitrogens is 1. The number of ether oxygens (including phenoxy) is 1. The number of hydrogen-bond acceptors (Lipinski definition) is 5. The Morgan fingerprint density at radius 3 is 2.73 bits per heavy atom. The van der Waals surface area contributed by atoms with Crippen LogP contribution in [0.4, 0.5) is 5.69 Å². The summed E-state index contributed by atoms with van der Waals surface area (Å²) in [5.74, 6) is 0.812. The second kappa shape index (κ2) is 6.92. The molecule has 2 heterocycles. The summed E-state index contributed by atoms with van der Waals surface area (Å²) in [6.07, 6.45) is 5.52. The Kier molecular flexibility index (Phi) is 4.31. The van der Waals surface area contributed by atoms with Gasteiger partial charge in [0.2, 0.25) is 0 Å². The van der Waals surface area contributed by atoms with Crippen LogP contribution in [0.5, 0.6) is 5.75 Å². The number of aromatic amines is 1. The molecule has 6 heteroatoms. The van der Waals surface area contributed by atoms with Gasteiger partial charge in [0.25, 0.3) is 0 Å². The lowest BCUT2D eigenvalue weighted by Gasteiger charge is -2.25. The lowest BCUT2D eigenvalue weighted by Crippen LogP contribution is -2.28. The molecular formula is C20H21N5O. The molecule has 1 N–H and O–H groups in total. The number of hydrazone groups is 1. The zero-order valence-electron chi connectivity index (χ0n) is 14.8. The number of benzene rings is 2. The fraction of sp³-hybridized carbons (Fsp3) is 0.200. The number of anilines is 1. The van der Waals surface area contributed by atoms with Crippen molar-refractivity contribution in [2.45, 2.75) is 13.0 Å². The Morgan fingerprint density at radius 1 is 1.15 bits per heavy atom. The van der Waals surface area contributed by atoms with Gasteiger partial charge in [-0.15, -0.1) is 0 Å². The van der Waals surface area contributed by atoms with Gasteiger partial charge in [-0.2, -0.15) is 10.2 Å². The topological polar surface area (TPSA) is 56.8 Å². The van der Waals surface area contributed by atoms with Crippen molar-refractivity contribution in [3.8, 4) is 16.9 Å². The quantitative estimate of drug-likeness (QED) is 0.761. The minimum Gasteiger partial charge on any atom is -0.496 e. The first-order valence-corrected chi connectivity index (χ1v) is 8.56. The summed E-state index contributed by atoms with van der Waals surface area (Å²) < 4.78 is 5.59. The van der Waals surface area contributed by atoms with E-state index in [9.17, 15) is 0 Å². The number of hydrogen-bond donors (Lipinski definition) is 1. The van der Waals surface area contributed by atoms with Crippen LogP contribution in [0, 0.1) is 0 Å². The fourth-order valence-electron chi connectivity index (χ4n) is 3.13. The van der Waals surface area contributed by atoms with Gasteiger partial charge in [0.15, 0.2) is 0 Å². The Bertz CT molecular complexity index is 892. The molecule has 0 fully saturated rings. The van der Waals surface area contributed by atoms with Crippen LogP contribution >= 0.6 is 0 Å². The van der Waals surface area contributed by atoms with Crippen molar-refractivity contribution in [1.29, 1.82) is 0 Å². The highest BCUT2D eigenvalue weighted by Gasteiger charge is 2.22. The SMILES string of the molecule is COc1cc(N2C=NN(C(C)c3ccccc3)C2)ccc1-c1cn[nH]c1. The molecule has 6 nitrogen and oxygen atoms in total. The Hall–Kier alpha value is -3.28. The van der Waals surface area contributed by atoms with Gasteiger partial charge in [-0.1, -0.05) is 30.3 Å². The Labute approximate surface area is 152 Å². The van der Waals surface area contributed by atoms with E-state index in [4.69, 9.17) is 4.74 Å². The standard InChI is InChI=1S/C20H21N5O/c1-15(16-6-4-3-5-7-16)25-14-24(13-23-25)18-8-9-19(20(10-18)26-2)17-11-21-22-12-17/h3-13,15H,14H2,1-2H3,(H,21,22). The Balaban J connectivity index is 1.53. The van der Waals surface area contributed by atoms with Gasteiger partial charge in [-0.3, -0.25) is 10.1 Å². The van der Waals surface area contributed by atoms with E-state index < -0.39 is 0 Å². The highest BCUT2D eigenvalue weighted by molar-refractivity contribution is 5.83. The molecule has 132 valence electrons. The third kappa shape index (κ3) is 3.01. The molecule has 1 atom stereocenters. The number of aromatic nitrogens is 2. The molecule has 0 saturated heterocycles. The molecule has 0 bridgehead atoms. The third-order valence-corrected chi connectivity index (χ3v) is 4.69. The van der Waals surface area contributed by atoms with E-state index in [1.54, 1.807) is 13.3 Å². The van der Waals surface area contributed by atoms with Crippen LogP contribution in [0.2, 0.25) is 0 Å². The molecule has 0 spiro atoms. The largest absolute Gasteiger partial charge is 0.496 e. The van der Waals surface area contributed by atoms with Crippen LogP contribution in [0.1, 0.15) is 18.5 Å². The molecule has 0 radical (unpaired) electrons. The summed E-state index contributed by atoms with van der Waals surface area (Å²) >= 11 is 0. The van der Waals surface area contributed by atoms with E-state index in [0.29, 0.717) is 6.67 Å². The van der Waals surface area contributed by atoms with E-state index in [-0.39, 0.29) is 6.04 Å². The number of methoxy groups -OCH3 is 1. The monoisotopic (exact) mass is 347 g/mol. The lowest BCUT2D eigenvalue weighted by molar-refractivity contribution is 0.245. The van der Waals surface area contributed by atoms with E-state index >= 15 is 0 Å². The number of rotatable bonds is 5. The molecule has 1 aliphatic heterocycles. The van der Waals surface area contributed by atoms with Crippen LogP contribution in [0.25, 0.3) is 11.1 Å². The summed E-state index contributed by atoms with van der Waals surface area (Å²) in [5, 5.41) is 13.5. The predicted octanol–water partition coefficient (Wildman–Crippen LogP) is 3.87. The summed E-state index contributed by atoms with van der Waals surface area (Å²) in [5.41, 5.74) is 4.30. The van der Waals surface area contributed by atoms with Crippen molar-refractivity contribution < 1.29 is 4.74 Å². The summed E-state index contributed by atoms with van der Waals surface area (Å²) in [6.45, 7) is 2.86. The summed E-state index contributed by atoms with van der Waals surface area (Å²) in [6, 6.07) is 16.8. The molecule has 3 aromatic rings. The van der Waals surface area contributed by atoms with Crippen LogP contribution in [-0.4, -0.2) is 35.3 Å². The molecule has 1 aromatic heterocycles. The first kappa shape index (κ1) is 16.2. The second-order valence-electron chi connectivity index (χ2n) is 6.24. The van der Waals surface area contributed by atoms with Crippen molar-refractivity contribution in [1.82, 2.24) is 15.2 Å². The first-order valence-electron chi connectivity index (χ1n) is 8.56. The molecule has 1 unspecified atom stereocenters. The van der Waals surface area contributed by atoms with Crippen LogP contribution in [0.15, 0.2) is 66.0 Å². The van der Waals surface area contributed by atoms with Gasteiger partial charge in [0.05, 0.1) is 19.3 Å². The first-order chi connectivity index (χ1) is 12.8. The predicted molar refractivity (Wildman–Crippen MR) is 103 cm³/mol. The number of nitrogens with zero attached hydrogens (tertiary/aromatic N) is 4. The van der Waals surface area contributed by atoms with E-state index in [2.05, 4.69) is 68.5 Å². The average molecular weight is 347 g/mol. The van der Waals surface area contributed by atoms with E-state index in [1.165, 1.54) is 5.56 Å². The van der Waals surface area contributed by atoms with Crippen LogP contribution in [-0.2, 0) is 0 Å². The smallest absolute Gasteiger partial charge is 0.128 e. The summed E-state index contributed by atoms with van der Waals surface area (Å²) in [7, 11) is 1.69. The average Bonchev–Trinajstić information content (AvgIpc) is 3.39. The van der Waals surface area contributed by atoms with Crippen molar-refractivity contribution >= 4 is 12.0 Å². The lowest BCUT2D eigenvalue weighted by atomic mass is 10.1. The highest BCUT2D eigenvalue weighted by Crippen LogP contribution is 2.34. The third-order valence-electron chi connectivity index (χ3n) is 4.69. The molecular weight excluding hydrogens is 326 g/mol. The molecule has 0 saturated carbocycles. The van der Waals surface area contributed by atoms with E-state index in [1.807, 2.05) is 24.7 Å². The normalized spacial score (nSPS) is 14.7. The minimum atomic E-state index is 0.213. The Morgan fingerprint density at radius 2 is 2.00 bits per heavy atom. The maximum atomic E-state index is 5.59. The molecule has 4 rings (SSSR count). The van der Waals surface area contributed by atoms with Crippen LogP contribution < -0.4 is 9.64 Å². The number of nitrogens with one attached hydrogen (secondary N) is 1. The molecule has 0 amide bonds. The van der Waals surface area contributed by atoms with Gasteiger partial charge in [-0.05, 0) is 24.6 Å². The van der Waals surface area contributed by atoms with Crippen LogP contribution in [0.3, 0.4) is 0 Å². The zero-order valence-corrected chi connectivity index (χ0v) is 14.8. The van der Waals surface area contributed by atoms with Crippen molar-refractivity contribution in [2.75, 3.05) is 18.7 Å². The van der Waals surface area contributed by atoms with Crippen molar-refractivity contribution in [3.63, 3.8) is 0 Å². The second-order valence-corrected chi connectivity index (χ2v) is 6.24. The molecule has 0 aliphatic carbocycles.